The van der Waals surface area contributed by atoms with Crippen LogP contribution >= 0.6 is 0 Å². The van der Waals surface area contributed by atoms with E-state index in [1.54, 1.807) is 14.2 Å². The van der Waals surface area contributed by atoms with Crippen molar-refractivity contribution in [1.82, 2.24) is 4.90 Å². The molecule has 1 aromatic carbocycles. The van der Waals surface area contributed by atoms with E-state index in [1.165, 1.54) is 24.0 Å². The van der Waals surface area contributed by atoms with Crippen molar-refractivity contribution in [2.45, 2.75) is 44.8 Å². The summed E-state index contributed by atoms with van der Waals surface area (Å²) >= 11 is 0. The highest BCUT2D eigenvalue weighted by Crippen LogP contribution is 2.32. The van der Waals surface area contributed by atoms with Gasteiger partial charge in [-0.05, 0) is 62.4 Å². The van der Waals surface area contributed by atoms with Gasteiger partial charge >= 0.3 is 0 Å². The number of nitrogens with zero attached hydrogens (tertiary/aromatic N) is 1. The first-order valence-corrected chi connectivity index (χ1v) is 9.37. The molecule has 0 spiro atoms. The molecule has 0 radical (unpaired) electrons. The number of hydrogen-bond acceptors (Lipinski definition) is 5. The van der Waals surface area contributed by atoms with Crippen LogP contribution in [0.3, 0.4) is 0 Å². The Bertz CT molecular complexity index is 569. The van der Waals surface area contributed by atoms with Gasteiger partial charge in [-0.25, -0.2) is 0 Å². The molecule has 2 aliphatic heterocycles. The Morgan fingerprint density at radius 1 is 0.960 bits per heavy atom. The Balaban J connectivity index is 1.66. The second-order valence-electron chi connectivity index (χ2n) is 7.11. The van der Waals surface area contributed by atoms with Crippen LogP contribution in [0.1, 0.15) is 37.3 Å². The lowest BCUT2D eigenvalue weighted by molar-refractivity contribution is -0.149. The summed E-state index contributed by atoms with van der Waals surface area (Å²) in [6.07, 6.45) is 5.48. The minimum Gasteiger partial charge on any atom is -0.493 e. The first-order chi connectivity index (χ1) is 12.1. The van der Waals surface area contributed by atoms with Crippen LogP contribution in [0.5, 0.6) is 11.5 Å². The third kappa shape index (κ3) is 4.66. The van der Waals surface area contributed by atoms with E-state index in [4.69, 9.17) is 18.9 Å². The SMILES string of the molecule is COc1cc2c(cc1OC)CCN(CCC1(C)OCCO1)CCCC2. The van der Waals surface area contributed by atoms with E-state index in [0.717, 1.165) is 50.4 Å². The molecule has 0 atom stereocenters. The minimum absolute atomic E-state index is 0.396. The summed E-state index contributed by atoms with van der Waals surface area (Å²) in [5.41, 5.74) is 2.78. The van der Waals surface area contributed by atoms with E-state index in [0.29, 0.717) is 13.2 Å². The summed E-state index contributed by atoms with van der Waals surface area (Å²) in [7, 11) is 3.41. The highest BCUT2D eigenvalue weighted by Gasteiger charge is 2.31. The van der Waals surface area contributed by atoms with Gasteiger partial charge in [0.1, 0.15) is 0 Å². The quantitative estimate of drug-likeness (QED) is 0.817. The largest absolute Gasteiger partial charge is 0.493 e. The van der Waals surface area contributed by atoms with Gasteiger partial charge in [-0.2, -0.15) is 0 Å². The lowest BCUT2D eigenvalue weighted by Crippen LogP contribution is -2.35. The third-order valence-electron chi connectivity index (χ3n) is 5.35. The number of methoxy groups -OCH3 is 2. The highest BCUT2D eigenvalue weighted by atomic mass is 16.7. The van der Waals surface area contributed by atoms with Gasteiger partial charge in [0.15, 0.2) is 17.3 Å². The van der Waals surface area contributed by atoms with Crippen molar-refractivity contribution in [3.8, 4) is 11.5 Å². The molecule has 1 aromatic rings. The molecule has 2 aliphatic rings. The van der Waals surface area contributed by atoms with Gasteiger partial charge in [0.25, 0.3) is 0 Å². The zero-order valence-corrected chi connectivity index (χ0v) is 15.8. The molecule has 25 heavy (non-hydrogen) atoms. The first kappa shape index (κ1) is 18.5. The highest BCUT2D eigenvalue weighted by molar-refractivity contribution is 5.47. The Morgan fingerprint density at radius 3 is 2.24 bits per heavy atom. The number of benzene rings is 1. The number of fused-ring (bicyclic) bond motifs is 1. The van der Waals surface area contributed by atoms with E-state index >= 15 is 0 Å². The van der Waals surface area contributed by atoms with Crippen LogP contribution in [0.2, 0.25) is 0 Å². The molecule has 0 aliphatic carbocycles. The standard InChI is InChI=1S/C20H31NO4/c1-20(24-12-13-25-20)8-11-21-9-5-4-6-16-14-18(22-2)19(23-3)15-17(16)7-10-21/h14-15H,4-13H2,1-3H3. The van der Waals surface area contributed by atoms with Crippen LogP contribution in [0.4, 0.5) is 0 Å². The molecule has 5 nitrogen and oxygen atoms in total. The summed E-state index contributed by atoms with van der Waals surface area (Å²) < 4.78 is 22.4. The first-order valence-electron chi connectivity index (χ1n) is 9.37. The molecular formula is C20H31NO4. The van der Waals surface area contributed by atoms with Crippen LogP contribution < -0.4 is 9.47 Å². The normalized spacial score (nSPS) is 21.1. The number of ether oxygens (including phenoxy) is 4. The third-order valence-corrected chi connectivity index (χ3v) is 5.35. The van der Waals surface area contributed by atoms with Crippen molar-refractivity contribution in [3.63, 3.8) is 0 Å². The second kappa shape index (κ2) is 8.39. The van der Waals surface area contributed by atoms with Gasteiger partial charge in [-0.1, -0.05) is 0 Å². The molecule has 0 bridgehead atoms. The molecule has 2 heterocycles. The summed E-state index contributed by atoms with van der Waals surface area (Å²) in [6, 6.07) is 4.31. The molecule has 5 heteroatoms. The lowest BCUT2D eigenvalue weighted by atomic mass is 9.99. The van der Waals surface area contributed by atoms with E-state index in [2.05, 4.69) is 24.0 Å². The van der Waals surface area contributed by atoms with Crippen molar-refractivity contribution < 1.29 is 18.9 Å². The molecule has 0 aromatic heterocycles. The molecule has 0 N–H and O–H groups in total. The molecule has 0 amide bonds. The van der Waals surface area contributed by atoms with E-state index < -0.39 is 5.79 Å². The fourth-order valence-electron chi connectivity index (χ4n) is 3.76. The summed E-state index contributed by atoms with van der Waals surface area (Å²) in [5, 5.41) is 0. The molecule has 1 fully saturated rings. The predicted molar refractivity (Wildman–Crippen MR) is 97.6 cm³/mol. The van der Waals surface area contributed by atoms with Crippen molar-refractivity contribution in [2.24, 2.45) is 0 Å². The van der Waals surface area contributed by atoms with Crippen LogP contribution in [-0.2, 0) is 22.3 Å². The van der Waals surface area contributed by atoms with Crippen molar-refractivity contribution in [2.75, 3.05) is 47.1 Å². The van der Waals surface area contributed by atoms with Gasteiger partial charge in [0, 0.05) is 19.5 Å². The van der Waals surface area contributed by atoms with E-state index in [9.17, 15) is 0 Å². The minimum atomic E-state index is -0.396. The van der Waals surface area contributed by atoms with Crippen LogP contribution in [0, 0.1) is 0 Å². The monoisotopic (exact) mass is 349 g/mol. The van der Waals surface area contributed by atoms with Gasteiger partial charge < -0.3 is 23.8 Å². The average Bonchev–Trinajstić information content (AvgIpc) is 3.09. The van der Waals surface area contributed by atoms with Crippen molar-refractivity contribution in [3.05, 3.63) is 23.3 Å². The van der Waals surface area contributed by atoms with Gasteiger partial charge in [-0.3, -0.25) is 0 Å². The topological polar surface area (TPSA) is 40.2 Å². The Morgan fingerprint density at radius 2 is 1.60 bits per heavy atom. The Labute approximate surface area is 151 Å². The summed E-state index contributed by atoms with van der Waals surface area (Å²) in [4.78, 5) is 2.54. The number of aryl methyl sites for hydroxylation is 1. The molecule has 1 saturated heterocycles. The summed E-state index contributed by atoms with van der Waals surface area (Å²) in [5.74, 6) is 1.26. The van der Waals surface area contributed by atoms with Crippen molar-refractivity contribution in [1.29, 1.82) is 0 Å². The molecule has 140 valence electrons. The van der Waals surface area contributed by atoms with Gasteiger partial charge in [-0.15, -0.1) is 0 Å². The maximum Gasteiger partial charge on any atom is 0.166 e. The summed E-state index contributed by atoms with van der Waals surface area (Å²) in [6.45, 7) is 6.69. The zero-order chi connectivity index (χ0) is 17.7. The van der Waals surface area contributed by atoms with E-state index in [-0.39, 0.29) is 0 Å². The predicted octanol–water partition coefficient (Wildman–Crippen LogP) is 3.04. The average molecular weight is 349 g/mol. The fraction of sp³-hybridized carbons (Fsp3) is 0.700. The Kier molecular flexibility index (Phi) is 6.20. The smallest absolute Gasteiger partial charge is 0.166 e. The van der Waals surface area contributed by atoms with E-state index in [1.807, 2.05) is 0 Å². The maximum atomic E-state index is 5.74. The van der Waals surface area contributed by atoms with Gasteiger partial charge in [0.05, 0.1) is 27.4 Å². The number of hydrogen-bond donors (Lipinski definition) is 0. The van der Waals surface area contributed by atoms with Gasteiger partial charge in [0.2, 0.25) is 0 Å². The zero-order valence-electron chi connectivity index (χ0n) is 15.8. The number of rotatable bonds is 5. The molecule has 3 rings (SSSR count). The van der Waals surface area contributed by atoms with Crippen LogP contribution in [-0.4, -0.2) is 57.8 Å². The molecule has 0 unspecified atom stereocenters. The second-order valence-corrected chi connectivity index (χ2v) is 7.11. The van der Waals surface area contributed by atoms with Crippen LogP contribution in [0.25, 0.3) is 0 Å². The Hall–Kier alpha value is -1.30. The van der Waals surface area contributed by atoms with Crippen LogP contribution in [0.15, 0.2) is 12.1 Å². The fourth-order valence-corrected chi connectivity index (χ4v) is 3.76. The maximum absolute atomic E-state index is 5.74. The lowest BCUT2D eigenvalue weighted by Gasteiger charge is -2.28. The van der Waals surface area contributed by atoms with Crippen molar-refractivity contribution >= 4 is 0 Å². The molecular weight excluding hydrogens is 318 g/mol. The molecule has 0 saturated carbocycles.